The fraction of sp³-hybridized carbons (Fsp3) is 0.579. The number of benzene rings is 1. The van der Waals surface area contributed by atoms with Gasteiger partial charge in [0.25, 0.3) is 5.91 Å². The lowest BCUT2D eigenvalue weighted by molar-refractivity contribution is -0.148. The van der Waals surface area contributed by atoms with E-state index in [1.54, 1.807) is 55.4 Å². The first-order valence-corrected chi connectivity index (χ1v) is 17.8. The number of hydrogen-bond acceptors (Lipinski definition) is 9. The van der Waals surface area contributed by atoms with Crippen molar-refractivity contribution in [1.82, 2.24) is 31.0 Å². The molecule has 51 heavy (non-hydrogen) atoms. The highest BCUT2D eigenvalue weighted by Crippen LogP contribution is 2.33. The molecule has 13 heteroatoms. The molecule has 2 aliphatic heterocycles. The number of aromatic nitrogens is 1. The number of esters is 1. The van der Waals surface area contributed by atoms with Crippen molar-refractivity contribution in [1.29, 1.82) is 0 Å². The molecule has 4 rings (SSSR count). The van der Waals surface area contributed by atoms with Crippen LogP contribution in [0.1, 0.15) is 98.4 Å². The summed E-state index contributed by atoms with van der Waals surface area (Å²) < 4.78 is 10.2. The summed E-state index contributed by atoms with van der Waals surface area (Å²) in [4.78, 5) is 71.9. The van der Waals surface area contributed by atoms with E-state index in [1.807, 2.05) is 47.4 Å². The molecule has 3 heterocycles. The van der Waals surface area contributed by atoms with Gasteiger partial charge in [0.2, 0.25) is 11.8 Å². The summed E-state index contributed by atoms with van der Waals surface area (Å²) in [7, 11) is 1.37. The first-order valence-electron chi connectivity index (χ1n) is 17.8. The number of nitrogens with zero attached hydrogens (tertiary/aromatic N) is 3. The lowest BCUT2D eigenvalue weighted by Gasteiger charge is -2.37. The molecule has 1 aromatic heterocycles. The van der Waals surface area contributed by atoms with Crippen LogP contribution in [0.5, 0.6) is 0 Å². The van der Waals surface area contributed by atoms with Crippen molar-refractivity contribution < 1.29 is 33.4 Å². The molecule has 0 bridgehead atoms. The predicted molar refractivity (Wildman–Crippen MR) is 194 cm³/mol. The molecule has 2 saturated heterocycles. The van der Waals surface area contributed by atoms with Gasteiger partial charge in [-0.2, -0.15) is 0 Å². The second kappa shape index (κ2) is 16.2. The minimum atomic E-state index is -0.909. The van der Waals surface area contributed by atoms with Crippen molar-refractivity contribution in [3.63, 3.8) is 0 Å². The number of nitrogens with one attached hydrogen (secondary N) is 3. The molecule has 4 unspecified atom stereocenters. The van der Waals surface area contributed by atoms with E-state index in [4.69, 9.17) is 14.5 Å². The Hall–Kier alpha value is -4.52. The van der Waals surface area contributed by atoms with Gasteiger partial charge in [-0.15, -0.1) is 0 Å². The number of fused-ring (bicyclic) bond motifs is 1. The van der Waals surface area contributed by atoms with Crippen LogP contribution < -0.4 is 16.1 Å². The van der Waals surface area contributed by atoms with Gasteiger partial charge in [0, 0.05) is 18.5 Å². The summed E-state index contributed by atoms with van der Waals surface area (Å²) in [5, 5.41) is 7.71. The van der Waals surface area contributed by atoms with E-state index in [-0.39, 0.29) is 29.7 Å². The monoisotopic (exact) mass is 706 g/mol. The van der Waals surface area contributed by atoms with Gasteiger partial charge in [-0.3, -0.25) is 29.2 Å². The van der Waals surface area contributed by atoms with E-state index in [9.17, 15) is 24.0 Å². The van der Waals surface area contributed by atoms with Crippen LogP contribution in [0.2, 0.25) is 0 Å². The zero-order chi connectivity index (χ0) is 37.7. The molecule has 4 amide bonds. The number of hydrazine groups is 1. The number of alkyl carbamates (subject to hydrolysis) is 1. The third-order valence-corrected chi connectivity index (χ3v) is 9.12. The van der Waals surface area contributed by atoms with Gasteiger partial charge in [0.1, 0.15) is 23.7 Å². The Morgan fingerprint density at radius 3 is 2.31 bits per heavy atom. The van der Waals surface area contributed by atoms with Crippen molar-refractivity contribution in [2.75, 3.05) is 20.2 Å². The second-order valence-corrected chi connectivity index (χ2v) is 15.3. The van der Waals surface area contributed by atoms with Crippen LogP contribution in [0, 0.1) is 11.3 Å². The molecule has 2 aromatic rings. The maximum Gasteiger partial charge on any atom is 0.408 e. The number of pyridine rings is 1. The summed E-state index contributed by atoms with van der Waals surface area (Å²) in [5.74, 6) is -1.56. The first kappa shape index (κ1) is 39.3. The van der Waals surface area contributed by atoms with Crippen LogP contribution in [-0.2, 0) is 28.7 Å². The molecule has 2 aliphatic rings. The van der Waals surface area contributed by atoms with Crippen molar-refractivity contribution in [2.24, 2.45) is 11.3 Å². The first-order chi connectivity index (χ1) is 23.9. The summed E-state index contributed by atoms with van der Waals surface area (Å²) in [6.07, 6.45) is 5.75. The van der Waals surface area contributed by atoms with Gasteiger partial charge in [0.15, 0.2) is 0 Å². The molecule has 0 radical (unpaired) electrons. The van der Waals surface area contributed by atoms with Crippen LogP contribution in [0.4, 0.5) is 4.79 Å². The van der Waals surface area contributed by atoms with Gasteiger partial charge in [0.05, 0.1) is 29.8 Å². The number of ether oxygens (including phenoxy) is 2. The Bertz CT molecular complexity index is 1650. The van der Waals surface area contributed by atoms with E-state index >= 15 is 0 Å². The highest BCUT2D eigenvalue weighted by atomic mass is 16.6. The number of carbonyl (C=O) groups excluding carboxylic acids is 5. The maximum atomic E-state index is 14.0. The lowest BCUT2D eigenvalue weighted by atomic mass is 9.92. The summed E-state index contributed by atoms with van der Waals surface area (Å²) >= 11 is 0. The molecule has 278 valence electrons. The highest BCUT2D eigenvalue weighted by molar-refractivity contribution is 5.91. The number of likely N-dealkylation sites (tertiary alicyclic amines) is 1. The molecule has 2 fully saturated rings. The van der Waals surface area contributed by atoms with E-state index in [1.165, 1.54) is 12.1 Å². The smallest absolute Gasteiger partial charge is 0.408 e. The third-order valence-electron chi connectivity index (χ3n) is 9.12. The second-order valence-electron chi connectivity index (χ2n) is 15.3. The Morgan fingerprint density at radius 2 is 1.65 bits per heavy atom. The van der Waals surface area contributed by atoms with Crippen molar-refractivity contribution in [3.05, 3.63) is 47.7 Å². The Kier molecular flexibility index (Phi) is 12.5. The topological polar surface area (TPSA) is 159 Å². The molecular formula is C38H54N6O7. The molecule has 0 spiro atoms. The maximum absolute atomic E-state index is 14.0. The van der Waals surface area contributed by atoms with E-state index in [0.717, 1.165) is 35.0 Å². The minimum absolute atomic E-state index is 0.100. The number of rotatable bonds is 10. The van der Waals surface area contributed by atoms with Gasteiger partial charge in [-0.25, -0.2) is 10.2 Å². The van der Waals surface area contributed by atoms with E-state index < -0.39 is 41.1 Å². The highest BCUT2D eigenvalue weighted by Gasteiger charge is 2.38. The standard InChI is InChI=1S/C38H54N6O7/c1-23(2)31(41-36(49)51-37(4,5)6)32(45)39-24(3)33(46)44-21-10-12-28(42-44)34(47)43-20-11-13-30(43)27-17-16-26-15-14-25(22-29(26)40-27)18-19-38(7,8)35(48)50-9/h14-19,22-24,28,30-31,42H,10-13,20-21H2,1-9H3,(H,39,45)(H,41,49)/b19-18+. The molecule has 4 atom stereocenters. The summed E-state index contributed by atoms with van der Waals surface area (Å²) in [5.41, 5.74) is 4.10. The number of carbonyl (C=O) groups is 5. The van der Waals surface area contributed by atoms with Crippen LogP contribution >= 0.6 is 0 Å². The van der Waals surface area contributed by atoms with Gasteiger partial charge < -0.3 is 25.0 Å². The average molecular weight is 707 g/mol. The molecule has 1 aromatic carbocycles. The van der Waals surface area contributed by atoms with Crippen LogP contribution in [0.3, 0.4) is 0 Å². The zero-order valence-electron chi connectivity index (χ0n) is 31.4. The average Bonchev–Trinajstić information content (AvgIpc) is 3.57. The van der Waals surface area contributed by atoms with Gasteiger partial charge >= 0.3 is 12.1 Å². The fourth-order valence-corrected chi connectivity index (χ4v) is 6.30. The SMILES string of the molecule is COC(=O)C(C)(C)/C=C/c1ccc2ccc(C3CCCN3C(=O)C3CCCN(C(=O)C(C)NC(=O)C(NC(=O)OC(C)(C)C)C(C)C)N3)nc2c1. The van der Waals surface area contributed by atoms with E-state index in [0.29, 0.717) is 25.9 Å². The van der Waals surface area contributed by atoms with Gasteiger partial charge in [-0.1, -0.05) is 44.2 Å². The Morgan fingerprint density at radius 1 is 0.961 bits per heavy atom. The number of hydrogen-bond donors (Lipinski definition) is 3. The Balaban J connectivity index is 1.41. The summed E-state index contributed by atoms with van der Waals surface area (Å²) in [6, 6.07) is 7.25. The summed E-state index contributed by atoms with van der Waals surface area (Å²) in [6.45, 7) is 14.9. The normalized spacial score (nSPS) is 19.6. The Labute approximate surface area is 300 Å². The van der Waals surface area contributed by atoms with Crippen molar-refractivity contribution in [2.45, 2.75) is 111 Å². The van der Waals surface area contributed by atoms with Crippen molar-refractivity contribution in [3.8, 4) is 0 Å². The minimum Gasteiger partial charge on any atom is -0.468 e. The molecule has 13 nitrogen and oxygen atoms in total. The fourth-order valence-electron chi connectivity index (χ4n) is 6.30. The van der Waals surface area contributed by atoms with Crippen LogP contribution in [0.15, 0.2) is 36.4 Å². The zero-order valence-corrected chi connectivity index (χ0v) is 31.4. The quantitative estimate of drug-likeness (QED) is 0.299. The molecule has 3 N–H and O–H groups in total. The lowest BCUT2D eigenvalue weighted by Crippen LogP contribution is -2.62. The molecule has 0 saturated carbocycles. The third kappa shape index (κ3) is 10.1. The van der Waals surface area contributed by atoms with Crippen LogP contribution in [0.25, 0.3) is 17.0 Å². The van der Waals surface area contributed by atoms with Gasteiger partial charge in [-0.05, 0) is 90.8 Å². The number of amides is 4. The molecule has 0 aliphatic carbocycles. The number of methoxy groups -OCH3 is 1. The predicted octanol–water partition coefficient (Wildman–Crippen LogP) is 4.66. The van der Waals surface area contributed by atoms with Crippen molar-refractivity contribution >= 4 is 46.8 Å². The van der Waals surface area contributed by atoms with E-state index in [2.05, 4.69) is 16.1 Å². The molecular weight excluding hydrogens is 652 g/mol. The largest absolute Gasteiger partial charge is 0.468 e. The van der Waals surface area contributed by atoms with Crippen LogP contribution in [-0.4, -0.2) is 88.6 Å².